The van der Waals surface area contributed by atoms with Crippen LogP contribution in [0, 0.1) is 6.92 Å². The molecule has 0 unspecified atom stereocenters. The normalized spacial score (nSPS) is 10.6. The molecule has 0 bridgehead atoms. The maximum Gasteiger partial charge on any atom is 0.142 e. The smallest absolute Gasteiger partial charge is 0.142 e. The summed E-state index contributed by atoms with van der Waals surface area (Å²) in [6.45, 7) is 2.82. The van der Waals surface area contributed by atoms with Crippen LogP contribution in [-0.2, 0) is 13.6 Å². The first-order valence-electron chi connectivity index (χ1n) is 5.37. The summed E-state index contributed by atoms with van der Waals surface area (Å²) >= 11 is 3.54. The van der Waals surface area contributed by atoms with Crippen LogP contribution in [0.1, 0.15) is 11.1 Å². The summed E-state index contributed by atoms with van der Waals surface area (Å²) in [6.07, 6.45) is 5.76. The number of halogens is 1. The highest BCUT2D eigenvalue weighted by Crippen LogP contribution is 2.24. The van der Waals surface area contributed by atoms with Gasteiger partial charge in [-0.15, -0.1) is 0 Å². The maximum absolute atomic E-state index is 4.43. The molecule has 0 N–H and O–H groups in total. The predicted molar refractivity (Wildman–Crippen MR) is 72.0 cm³/mol. The van der Waals surface area contributed by atoms with Crippen LogP contribution in [0.2, 0.25) is 0 Å². The predicted octanol–water partition coefficient (Wildman–Crippen LogP) is 2.52. The fourth-order valence-electron chi connectivity index (χ4n) is 1.71. The number of rotatable bonds is 3. The average Bonchev–Trinajstić information content (AvgIpc) is 2.63. The van der Waals surface area contributed by atoms with Crippen LogP contribution in [0.25, 0.3) is 0 Å². The van der Waals surface area contributed by atoms with Crippen molar-refractivity contribution in [2.75, 3.05) is 11.9 Å². The number of aryl methyl sites for hydroxylation is 2. The lowest BCUT2D eigenvalue weighted by Gasteiger charge is -2.18. The van der Waals surface area contributed by atoms with Gasteiger partial charge in [-0.1, -0.05) is 0 Å². The first kappa shape index (κ1) is 12.1. The summed E-state index contributed by atoms with van der Waals surface area (Å²) in [5.41, 5.74) is 2.32. The van der Waals surface area contributed by atoms with Crippen LogP contribution in [0.4, 0.5) is 5.82 Å². The van der Waals surface area contributed by atoms with E-state index in [9.17, 15) is 0 Å². The monoisotopic (exact) mass is 294 g/mol. The van der Waals surface area contributed by atoms with E-state index in [1.54, 1.807) is 4.68 Å². The molecular weight excluding hydrogens is 280 g/mol. The molecule has 0 aromatic carbocycles. The van der Waals surface area contributed by atoms with E-state index in [0.717, 1.165) is 22.4 Å². The van der Waals surface area contributed by atoms with Crippen molar-refractivity contribution in [1.29, 1.82) is 0 Å². The minimum atomic E-state index is 0.794. The van der Waals surface area contributed by atoms with Gasteiger partial charge >= 0.3 is 0 Å². The molecule has 0 aliphatic carbocycles. The average molecular weight is 295 g/mol. The van der Waals surface area contributed by atoms with Gasteiger partial charge in [-0.25, -0.2) is 4.98 Å². The molecule has 0 aliphatic rings. The lowest BCUT2D eigenvalue weighted by atomic mass is 10.3. The number of anilines is 1. The molecular formula is C12H15BrN4. The van der Waals surface area contributed by atoms with Gasteiger partial charge in [0.15, 0.2) is 0 Å². The van der Waals surface area contributed by atoms with E-state index in [0.29, 0.717) is 0 Å². The topological polar surface area (TPSA) is 34.0 Å². The molecule has 0 spiro atoms. The second kappa shape index (κ2) is 4.87. The van der Waals surface area contributed by atoms with E-state index in [2.05, 4.69) is 37.0 Å². The van der Waals surface area contributed by atoms with Crippen molar-refractivity contribution in [3.05, 3.63) is 40.3 Å². The summed E-state index contributed by atoms with van der Waals surface area (Å²) in [6, 6.07) is 2.07. The van der Waals surface area contributed by atoms with E-state index in [1.807, 2.05) is 39.6 Å². The minimum Gasteiger partial charge on any atom is -0.354 e. The van der Waals surface area contributed by atoms with Crippen molar-refractivity contribution < 1.29 is 0 Å². The van der Waals surface area contributed by atoms with Crippen molar-refractivity contribution >= 4 is 21.7 Å². The van der Waals surface area contributed by atoms with Gasteiger partial charge in [-0.2, -0.15) is 5.10 Å². The molecule has 0 saturated heterocycles. The number of hydrogen-bond acceptors (Lipinski definition) is 3. The molecule has 0 atom stereocenters. The minimum absolute atomic E-state index is 0.794. The van der Waals surface area contributed by atoms with Crippen LogP contribution in [0.5, 0.6) is 0 Å². The molecule has 0 aliphatic heterocycles. The van der Waals surface area contributed by atoms with Crippen LogP contribution >= 0.6 is 15.9 Å². The lowest BCUT2D eigenvalue weighted by molar-refractivity contribution is 0.766. The molecule has 17 heavy (non-hydrogen) atoms. The Balaban J connectivity index is 2.17. The van der Waals surface area contributed by atoms with Gasteiger partial charge in [0.1, 0.15) is 5.82 Å². The van der Waals surface area contributed by atoms with Crippen LogP contribution in [0.3, 0.4) is 0 Å². The highest BCUT2D eigenvalue weighted by Gasteiger charge is 2.08. The second-order valence-electron chi connectivity index (χ2n) is 4.20. The Bertz CT molecular complexity index is 521. The first-order chi connectivity index (χ1) is 8.06. The van der Waals surface area contributed by atoms with E-state index in [4.69, 9.17) is 0 Å². The molecule has 5 heteroatoms. The SMILES string of the molecule is Cc1cnc(N(C)Cc2cnn(C)c2)c(Br)c1. The molecule has 2 aromatic heterocycles. The molecule has 0 saturated carbocycles. The molecule has 0 amide bonds. The van der Waals surface area contributed by atoms with Crippen LogP contribution in [-0.4, -0.2) is 21.8 Å². The highest BCUT2D eigenvalue weighted by atomic mass is 79.9. The lowest BCUT2D eigenvalue weighted by Crippen LogP contribution is -2.17. The quantitative estimate of drug-likeness (QED) is 0.872. The highest BCUT2D eigenvalue weighted by molar-refractivity contribution is 9.10. The Morgan fingerprint density at radius 2 is 2.18 bits per heavy atom. The molecule has 2 aromatic rings. The molecule has 0 radical (unpaired) electrons. The Morgan fingerprint density at radius 3 is 2.76 bits per heavy atom. The van der Waals surface area contributed by atoms with Crippen molar-refractivity contribution in [2.45, 2.75) is 13.5 Å². The van der Waals surface area contributed by atoms with Gasteiger partial charge in [0.05, 0.1) is 10.7 Å². The van der Waals surface area contributed by atoms with Gasteiger partial charge in [0.2, 0.25) is 0 Å². The number of hydrogen-bond donors (Lipinski definition) is 0. The van der Waals surface area contributed by atoms with E-state index >= 15 is 0 Å². The Kier molecular flexibility index (Phi) is 3.47. The van der Waals surface area contributed by atoms with E-state index in [-0.39, 0.29) is 0 Å². The molecule has 0 fully saturated rings. The fraction of sp³-hybridized carbons (Fsp3) is 0.333. The summed E-state index contributed by atoms with van der Waals surface area (Å²) in [5.74, 6) is 0.944. The summed E-state index contributed by atoms with van der Waals surface area (Å²) in [4.78, 5) is 6.53. The van der Waals surface area contributed by atoms with Crippen molar-refractivity contribution in [1.82, 2.24) is 14.8 Å². The van der Waals surface area contributed by atoms with E-state index < -0.39 is 0 Å². The maximum atomic E-state index is 4.43. The molecule has 90 valence electrons. The van der Waals surface area contributed by atoms with Crippen molar-refractivity contribution in [3.8, 4) is 0 Å². The third kappa shape index (κ3) is 2.85. The van der Waals surface area contributed by atoms with Crippen molar-refractivity contribution in [2.24, 2.45) is 7.05 Å². The molecule has 2 heterocycles. The zero-order valence-corrected chi connectivity index (χ0v) is 11.8. The van der Waals surface area contributed by atoms with Gasteiger partial charge in [0, 0.05) is 38.6 Å². The summed E-state index contributed by atoms with van der Waals surface area (Å²) < 4.78 is 2.82. The van der Waals surface area contributed by atoms with Gasteiger partial charge in [0.25, 0.3) is 0 Å². The zero-order chi connectivity index (χ0) is 12.4. The largest absolute Gasteiger partial charge is 0.354 e. The van der Waals surface area contributed by atoms with E-state index in [1.165, 1.54) is 5.56 Å². The van der Waals surface area contributed by atoms with Gasteiger partial charge < -0.3 is 4.90 Å². The van der Waals surface area contributed by atoms with Crippen molar-refractivity contribution in [3.63, 3.8) is 0 Å². The first-order valence-corrected chi connectivity index (χ1v) is 6.16. The summed E-state index contributed by atoms with van der Waals surface area (Å²) in [5, 5.41) is 4.16. The Morgan fingerprint density at radius 1 is 1.41 bits per heavy atom. The van der Waals surface area contributed by atoms with Crippen LogP contribution < -0.4 is 4.90 Å². The number of aromatic nitrogens is 3. The molecule has 2 rings (SSSR count). The Labute approximate surface area is 109 Å². The summed E-state index contributed by atoms with van der Waals surface area (Å²) in [7, 11) is 3.94. The third-order valence-corrected chi connectivity index (χ3v) is 3.08. The third-order valence-electron chi connectivity index (χ3n) is 2.50. The Hall–Kier alpha value is -1.36. The number of nitrogens with zero attached hydrogens (tertiary/aromatic N) is 4. The van der Waals surface area contributed by atoms with Gasteiger partial charge in [-0.05, 0) is 34.5 Å². The zero-order valence-electron chi connectivity index (χ0n) is 10.2. The van der Waals surface area contributed by atoms with Gasteiger partial charge in [-0.3, -0.25) is 4.68 Å². The molecule has 4 nitrogen and oxygen atoms in total. The fourth-order valence-corrected chi connectivity index (χ4v) is 2.48. The standard InChI is InChI=1S/C12H15BrN4/c1-9-4-11(13)12(14-5-9)16(2)7-10-6-15-17(3)8-10/h4-6,8H,7H2,1-3H3. The second-order valence-corrected chi connectivity index (χ2v) is 5.05. The van der Waals surface area contributed by atoms with Crippen LogP contribution in [0.15, 0.2) is 29.1 Å². The number of pyridine rings is 1.